The average molecular weight is 556 g/mol. The molecule has 3 aromatic heterocycles. The second-order valence-corrected chi connectivity index (χ2v) is 12.2. The molecule has 1 atom stereocenters. The number of hydrogen-bond donors (Lipinski definition) is 2. The van der Waals surface area contributed by atoms with Gasteiger partial charge in [-0.05, 0) is 99.9 Å². The lowest BCUT2D eigenvalue weighted by molar-refractivity contribution is 0.0933. The number of fused-ring (bicyclic) bond motifs is 1. The number of carbonyl (C=O) groups is 2. The monoisotopic (exact) mass is 555 g/mol. The van der Waals surface area contributed by atoms with Crippen LogP contribution in [0.2, 0.25) is 0 Å². The Balaban J connectivity index is 1.36. The molecule has 0 saturated heterocycles. The van der Waals surface area contributed by atoms with Gasteiger partial charge in [0, 0.05) is 28.4 Å². The number of tetrazole rings is 1. The van der Waals surface area contributed by atoms with Gasteiger partial charge in [0.1, 0.15) is 0 Å². The maximum Gasteiger partial charge on any atom is 0.252 e. The van der Waals surface area contributed by atoms with Gasteiger partial charge in [0.05, 0.1) is 18.8 Å². The van der Waals surface area contributed by atoms with E-state index in [4.69, 9.17) is 0 Å². The number of benzene rings is 1. The molecule has 1 aliphatic rings. The maximum absolute atomic E-state index is 13.9. The molecule has 0 radical (unpaired) electrons. The predicted octanol–water partition coefficient (Wildman–Crippen LogP) is 5.16. The zero-order valence-corrected chi connectivity index (χ0v) is 24.8. The van der Waals surface area contributed by atoms with Crippen molar-refractivity contribution in [2.45, 2.75) is 83.7 Å². The van der Waals surface area contributed by atoms with Crippen LogP contribution in [-0.4, -0.2) is 48.4 Å². The highest BCUT2D eigenvalue weighted by molar-refractivity contribution is 6.10. The zero-order chi connectivity index (χ0) is 29.1. The molecule has 1 saturated carbocycles. The summed E-state index contributed by atoms with van der Waals surface area (Å²) in [6.45, 7) is 9.45. The lowest BCUT2D eigenvalue weighted by atomic mass is 9.79. The predicted molar refractivity (Wildman–Crippen MR) is 159 cm³/mol. The Morgan fingerprint density at radius 3 is 2.44 bits per heavy atom. The zero-order valence-electron chi connectivity index (χ0n) is 24.8. The normalized spacial score (nSPS) is 14.7. The van der Waals surface area contributed by atoms with Crippen molar-refractivity contribution >= 4 is 17.2 Å². The van der Waals surface area contributed by atoms with Crippen LogP contribution in [0.3, 0.4) is 0 Å². The van der Waals surface area contributed by atoms with E-state index in [0.29, 0.717) is 35.0 Å². The lowest BCUT2D eigenvalue weighted by Gasteiger charge is -2.25. The largest absolute Gasteiger partial charge is 0.342 e. The van der Waals surface area contributed by atoms with Crippen molar-refractivity contribution < 1.29 is 9.59 Å². The Kier molecular flexibility index (Phi) is 8.35. The van der Waals surface area contributed by atoms with Gasteiger partial charge in [-0.25, -0.2) is 0 Å². The summed E-state index contributed by atoms with van der Waals surface area (Å²) in [5.41, 5.74) is 5.19. The second kappa shape index (κ2) is 11.9. The topological polar surface area (TPSA) is 106 Å². The highest BCUT2D eigenvalue weighted by atomic mass is 16.1. The molecule has 41 heavy (non-hydrogen) atoms. The van der Waals surface area contributed by atoms with Gasteiger partial charge in [0.25, 0.3) is 5.91 Å². The van der Waals surface area contributed by atoms with Gasteiger partial charge in [-0.15, -0.1) is 10.2 Å². The molecule has 3 heterocycles. The smallest absolute Gasteiger partial charge is 0.252 e. The van der Waals surface area contributed by atoms with Gasteiger partial charge < -0.3 is 15.0 Å². The number of carbonyl (C=O) groups excluding carboxylic acids is 2. The summed E-state index contributed by atoms with van der Waals surface area (Å²) in [6, 6.07) is 13.4. The van der Waals surface area contributed by atoms with Gasteiger partial charge in [0.15, 0.2) is 5.82 Å². The summed E-state index contributed by atoms with van der Waals surface area (Å²) in [5.74, 6) is 0.664. The van der Waals surface area contributed by atoms with Crippen molar-refractivity contribution in [2.75, 3.05) is 6.54 Å². The minimum absolute atomic E-state index is 0.0184. The van der Waals surface area contributed by atoms with Crippen LogP contribution >= 0.6 is 0 Å². The van der Waals surface area contributed by atoms with E-state index in [-0.39, 0.29) is 23.3 Å². The Morgan fingerprint density at radius 1 is 1.07 bits per heavy atom. The molecule has 1 aromatic carbocycles. The summed E-state index contributed by atoms with van der Waals surface area (Å²) in [4.78, 5) is 28.5. The minimum atomic E-state index is -0.334. The Morgan fingerprint density at radius 2 is 1.83 bits per heavy atom. The van der Waals surface area contributed by atoms with Crippen molar-refractivity contribution in [1.82, 2.24) is 35.2 Å². The van der Waals surface area contributed by atoms with Crippen LogP contribution < -0.4 is 10.6 Å². The first-order valence-electron chi connectivity index (χ1n) is 14.7. The summed E-state index contributed by atoms with van der Waals surface area (Å²) in [6.07, 6.45) is 7.83. The number of rotatable bonds is 11. The van der Waals surface area contributed by atoms with Crippen LogP contribution in [0.1, 0.15) is 115 Å². The van der Waals surface area contributed by atoms with Crippen LogP contribution in [0.15, 0.2) is 48.7 Å². The number of aryl methyl sites for hydroxylation is 2. The molecule has 5 rings (SSSR count). The van der Waals surface area contributed by atoms with Crippen molar-refractivity contribution in [3.8, 4) is 0 Å². The molecular formula is C32H41N7O2. The summed E-state index contributed by atoms with van der Waals surface area (Å²) >= 11 is 0. The van der Waals surface area contributed by atoms with Gasteiger partial charge >= 0.3 is 0 Å². The number of ketones is 1. The number of nitrogens with one attached hydrogen (secondary N) is 2. The maximum atomic E-state index is 13.9. The molecule has 9 nitrogen and oxygen atoms in total. The van der Waals surface area contributed by atoms with Crippen LogP contribution in [-0.2, 0) is 13.5 Å². The van der Waals surface area contributed by atoms with E-state index in [1.807, 2.05) is 35.7 Å². The van der Waals surface area contributed by atoms with E-state index in [0.717, 1.165) is 43.3 Å². The molecule has 1 aliphatic carbocycles. The third-order valence-corrected chi connectivity index (χ3v) is 7.89. The minimum Gasteiger partial charge on any atom is -0.342 e. The van der Waals surface area contributed by atoms with Crippen LogP contribution in [0.5, 0.6) is 0 Å². The van der Waals surface area contributed by atoms with Crippen LogP contribution in [0.4, 0.5) is 0 Å². The molecule has 4 aromatic rings. The molecule has 1 unspecified atom stereocenters. The summed E-state index contributed by atoms with van der Waals surface area (Å²) in [5, 5.41) is 18.7. The third-order valence-electron chi connectivity index (χ3n) is 7.89. The number of pyridine rings is 1. The van der Waals surface area contributed by atoms with Crippen molar-refractivity contribution in [3.63, 3.8) is 0 Å². The third kappa shape index (κ3) is 6.56. The SMILES string of the molecule is CCC(NC(=O)c1ccn2c(C(=O)c3ccc(CCCNC(C)(C)C)cc3)c(C3CCC3)cc2c1)c1nnn(C)n1. The number of nitrogens with zero attached hydrogens (tertiary/aromatic N) is 5. The number of hydrogen-bond acceptors (Lipinski definition) is 6. The van der Waals surface area contributed by atoms with Crippen molar-refractivity contribution in [2.24, 2.45) is 7.05 Å². The number of amides is 1. The fraction of sp³-hybridized carbons (Fsp3) is 0.469. The average Bonchev–Trinajstić information content (AvgIpc) is 3.51. The summed E-state index contributed by atoms with van der Waals surface area (Å²) in [7, 11) is 1.70. The molecule has 0 aliphatic heterocycles. The van der Waals surface area contributed by atoms with E-state index in [1.165, 1.54) is 16.8 Å². The molecule has 9 heteroatoms. The van der Waals surface area contributed by atoms with E-state index in [1.54, 1.807) is 13.1 Å². The van der Waals surface area contributed by atoms with E-state index >= 15 is 0 Å². The van der Waals surface area contributed by atoms with Gasteiger partial charge in [0.2, 0.25) is 5.78 Å². The quantitative estimate of drug-likeness (QED) is 0.196. The van der Waals surface area contributed by atoms with E-state index in [2.05, 4.69) is 65.0 Å². The Hall–Kier alpha value is -3.85. The Bertz CT molecular complexity index is 1520. The van der Waals surface area contributed by atoms with Crippen molar-refractivity contribution in [3.05, 3.63) is 82.4 Å². The molecule has 0 bridgehead atoms. The molecule has 1 amide bonds. The first-order chi connectivity index (χ1) is 19.6. The summed E-state index contributed by atoms with van der Waals surface area (Å²) < 4.78 is 1.94. The molecule has 216 valence electrons. The number of aromatic nitrogens is 5. The second-order valence-electron chi connectivity index (χ2n) is 12.2. The lowest BCUT2D eigenvalue weighted by Crippen LogP contribution is -2.36. The fourth-order valence-corrected chi connectivity index (χ4v) is 5.36. The molecule has 2 N–H and O–H groups in total. The van der Waals surface area contributed by atoms with E-state index < -0.39 is 0 Å². The standard InChI is InChI=1S/C32H41N7O2/c1-6-27(30-35-37-38(5)36-30)34-31(41)24-16-18-39-25(19-24)20-26(22-10-7-11-22)28(39)29(40)23-14-12-21(13-15-23)9-8-17-33-32(2,3)4/h12-16,18-20,22,27,33H,6-11,17H2,1-5H3,(H,34,41). The molecule has 1 fully saturated rings. The first kappa shape index (κ1) is 28.7. The first-order valence-corrected chi connectivity index (χ1v) is 14.7. The highest BCUT2D eigenvalue weighted by Gasteiger charge is 2.29. The molecule has 0 spiro atoms. The Labute approximate surface area is 241 Å². The highest BCUT2D eigenvalue weighted by Crippen LogP contribution is 2.40. The van der Waals surface area contributed by atoms with Crippen LogP contribution in [0, 0.1) is 0 Å². The van der Waals surface area contributed by atoms with Gasteiger partial charge in [-0.3, -0.25) is 9.59 Å². The van der Waals surface area contributed by atoms with Gasteiger partial charge in [-0.2, -0.15) is 4.80 Å². The van der Waals surface area contributed by atoms with Crippen LogP contribution in [0.25, 0.3) is 5.52 Å². The van der Waals surface area contributed by atoms with Crippen molar-refractivity contribution in [1.29, 1.82) is 0 Å². The fourth-order valence-electron chi connectivity index (χ4n) is 5.36. The van der Waals surface area contributed by atoms with Gasteiger partial charge in [-0.1, -0.05) is 37.6 Å². The molecular weight excluding hydrogens is 514 g/mol. The van der Waals surface area contributed by atoms with E-state index in [9.17, 15) is 9.59 Å².